The normalized spacial score (nSPS) is 12.3. The second-order valence-corrected chi connectivity index (χ2v) is 4.94. The molecule has 1 unspecified atom stereocenters. The molecule has 7 heteroatoms. The largest absolute Gasteiger partial charge is 0.375 e. The van der Waals surface area contributed by atoms with Crippen molar-refractivity contribution in [2.45, 2.75) is 25.9 Å². The van der Waals surface area contributed by atoms with Crippen molar-refractivity contribution in [2.75, 3.05) is 5.73 Å². The summed E-state index contributed by atoms with van der Waals surface area (Å²) in [6, 6.07) is 1.88. The number of carbonyl (C=O) groups excluding carboxylic acids is 1. The first-order valence-electron chi connectivity index (χ1n) is 5.60. The molecule has 0 saturated heterocycles. The number of rotatable bonds is 5. The lowest BCUT2D eigenvalue weighted by molar-refractivity contribution is -0.121. The Morgan fingerprint density at radius 2 is 2.50 bits per heavy atom. The number of thiazole rings is 1. The highest BCUT2D eigenvalue weighted by atomic mass is 32.1. The Hall–Kier alpha value is -1.89. The van der Waals surface area contributed by atoms with Crippen LogP contribution in [0.25, 0.3) is 0 Å². The Labute approximate surface area is 109 Å². The fraction of sp³-hybridized carbons (Fsp3) is 0.364. The Morgan fingerprint density at radius 1 is 1.67 bits per heavy atom. The first kappa shape index (κ1) is 12.6. The van der Waals surface area contributed by atoms with E-state index in [1.807, 2.05) is 19.2 Å². The maximum absolute atomic E-state index is 11.7. The zero-order valence-corrected chi connectivity index (χ0v) is 10.9. The molecular weight excluding hydrogens is 250 g/mol. The molecule has 0 saturated carbocycles. The molecular formula is C11H15N5OS. The number of nitrogens with one attached hydrogen (secondary N) is 1. The van der Waals surface area contributed by atoms with Gasteiger partial charge in [0.05, 0.1) is 18.7 Å². The third kappa shape index (κ3) is 3.56. The number of aromatic nitrogens is 3. The van der Waals surface area contributed by atoms with Crippen molar-refractivity contribution in [2.24, 2.45) is 0 Å². The van der Waals surface area contributed by atoms with Crippen LogP contribution in [0.15, 0.2) is 23.8 Å². The summed E-state index contributed by atoms with van der Waals surface area (Å²) in [4.78, 5) is 15.8. The minimum absolute atomic E-state index is 0.0217. The van der Waals surface area contributed by atoms with Crippen LogP contribution >= 0.6 is 11.3 Å². The average Bonchev–Trinajstić information content (AvgIpc) is 2.90. The van der Waals surface area contributed by atoms with Crippen molar-refractivity contribution >= 4 is 22.4 Å². The predicted octanol–water partition coefficient (Wildman–Crippen LogP) is 0.669. The minimum Gasteiger partial charge on any atom is -0.375 e. The molecule has 0 radical (unpaired) electrons. The van der Waals surface area contributed by atoms with Crippen molar-refractivity contribution in [1.29, 1.82) is 0 Å². The van der Waals surface area contributed by atoms with Gasteiger partial charge in [-0.3, -0.25) is 9.48 Å². The van der Waals surface area contributed by atoms with Gasteiger partial charge in [-0.15, -0.1) is 11.3 Å². The monoisotopic (exact) mass is 265 g/mol. The lowest BCUT2D eigenvalue weighted by Gasteiger charge is -2.13. The molecule has 0 spiro atoms. The van der Waals surface area contributed by atoms with Crippen LogP contribution in [-0.4, -0.2) is 26.7 Å². The van der Waals surface area contributed by atoms with E-state index in [0.717, 1.165) is 0 Å². The summed E-state index contributed by atoms with van der Waals surface area (Å²) >= 11 is 1.34. The second kappa shape index (κ2) is 5.63. The van der Waals surface area contributed by atoms with Gasteiger partial charge >= 0.3 is 0 Å². The zero-order chi connectivity index (χ0) is 13.0. The van der Waals surface area contributed by atoms with Gasteiger partial charge in [0.25, 0.3) is 0 Å². The van der Waals surface area contributed by atoms with Gasteiger partial charge in [-0.1, -0.05) is 0 Å². The van der Waals surface area contributed by atoms with Crippen molar-refractivity contribution in [3.8, 4) is 0 Å². The van der Waals surface area contributed by atoms with Crippen molar-refractivity contribution in [3.05, 3.63) is 29.5 Å². The van der Waals surface area contributed by atoms with E-state index in [1.165, 1.54) is 11.3 Å². The molecule has 0 aromatic carbocycles. The topological polar surface area (TPSA) is 85.8 Å². The van der Waals surface area contributed by atoms with Gasteiger partial charge in [-0.2, -0.15) is 5.10 Å². The number of nitrogens with zero attached hydrogens (tertiary/aromatic N) is 3. The molecule has 96 valence electrons. The number of carbonyl (C=O) groups is 1. The third-order valence-corrected chi connectivity index (χ3v) is 3.06. The molecule has 1 atom stereocenters. The molecule has 0 fully saturated rings. The van der Waals surface area contributed by atoms with E-state index in [2.05, 4.69) is 15.4 Å². The van der Waals surface area contributed by atoms with Gasteiger partial charge in [-0.25, -0.2) is 4.98 Å². The van der Waals surface area contributed by atoms with Crippen molar-refractivity contribution < 1.29 is 4.79 Å². The van der Waals surface area contributed by atoms with E-state index >= 15 is 0 Å². The number of amides is 1. The summed E-state index contributed by atoms with van der Waals surface area (Å²) in [5.41, 5.74) is 6.22. The summed E-state index contributed by atoms with van der Waals surface area (Å²) in [5, 5.41) is 9.28. The van der Waals surface area contributed by atoms with Gasteiger partial charge < -0.3 is 11.1 Å². The number of nitrogen functional groups attached to an aromatic ring is 1. The minimum atomic E-state index is -0.0556. The number of anilines is 1. The lowest BCUT2D eigenvalue weighted by atomic mass is 10.3. The lowest BCUT2D eigenvalue weighted by Crippen LogP contribution is -2.36. The Morgan fingerprint density at radius 3 is 3.11 bits per heavy atom. The van der Waals surface area contributed by atoms with E-state index in [-0.39, 0.29) is 18.4 Å². The van der Waals surface area contributed by atoms with Gasteiger partial charge in [-0.05, 0) is 13.0 Å². The van der Waals surface area contributed by atoms with E-state index in [0.29, 0.717) is 17.4 Å². The van der Waals surface area contributed by atoms with Crippen LogP contribution in [0.4, 0.5) is 5.13 Å². The van der Waals surface area contributed by atoms with Gasteiger partial charge in [0.2, 0.25) is 5.91 Å². The molecule has 18 heavy (non-hydrogen) atoms. The van der Waals surface area contributed by atoms with Crippen LogP contribution in [0.1, 0.15) is 12.6 Å². The standard InChI is InChI=1S/C11H15N5OS/c1-8(6-16-4-2-3-13-16)14-10(17)5-9-7-18-11(12)15-9/h2-4,7-8H,5-6H2,1H3,(H2,12,15)(H,14,17). The van der Waals surface area contributed by atoms with Crippen LogP contribution < -0.4 is 11.1 Å². The molecule has 1 amide bonds. The van der Waals surface area contributed by atoms with E-state index in [4.69, 9.17) is 5.73 Å². The van der Waals surface area contributed by atoms with Gasteiger partial charge in [0, 0.05) is 23.8 Å². The molecule has 2 aromatic heterocycles. The number of hydrogen-bond acceptors (Lipinski definition) is 5. The van der Waals surface area contributed by atoms with E-state index in [1.54, 1.807) is 16.3 Å². The molecule has 0 bridgehead atoms. The van der Waals surface area contributed by atoms with Crippen LogP contribution in [0.5, 0.6) is 0 Å². The van der Waals surface area contributed by atoms with Gasteiger partial charge in [0.15, 0.2) is 5.13 Å². The summed E-state index contributed by atoms with van der Waals surface area (Å²) in [6.07, 6.45) is 3.84. The SMILES string of the molecule is CC(Cn1cccn1)NC(=O)Cc1csc(N)n1. The molecule has 2 aromatic rings. The second-order valence-electron chi connectivity index (χ2n) is 4.05. The summed E-state index contributed by atoms with van der Waals surface area (Å²) in [7, 11) is 0. The highest BCUT2D eigenvalue weighted by Crippen LogP contribution is 2.11. The molecule has 3 N–H and O–H groups in total. The smallest absolute Gasteiger partial charge is 0.226 e. The van der Waals surface area contributed by atoms with Crippen LogP contribution in [0.2, 0.25) is 0 Å². The van der Waals surface area contributed by atoms with Crippen LogP contribution in [-0.2, 0) is 17.8 Å². The summed E-state index contributed by atoms with van der Waals surface area (Å²) < 4.78 is 1.78. The summed E-state index contributed by atoms with van der Waals surface area (Å²) in [5.74, 6) is -0.0556. The number of nitrogens with two attached hydrogens (primary N) is 1. The molecule has 2 heterocycles. The predicted molar refractivity (Wildman–Crippen MR) is 70.1 cm³/mol. The molecule has 0 aliphatic rings. The molecule has 0 aliphatic heterocycles. The molecule has 6 nitrogen and oxygen atoms in total. The first-order valence-corrected chi connectivity index (χ1v) is 6.48. The molecule has 2 rings (SSSR count). The quantitative estimate of drug-likeness (QED) is 0.832. The Bertz CT molecular complexity index is 507. The fourth-order valence-electron chi connectivity index (χ4n) is 1.63. The first-order chi connectivity index (χ1) is 8.63. The highest BCUT2D eigenvalue weighted by Gasteiger charge is 2.10. The van der Waals surface area contributed by atoms with Crippen LogP contribution in [0.3, 0.4) is 0 Å². The Kier molecular flexibility index (Phi) is 3.93. The molecule has 0 aliphatic carbocycles. The van der Waals surface area contributed by atoms with Gasteiger partial charge in [0.1, 0.15) is 0 Å². The Balaban J connectivity index is 1.80. The van der Waals surface area contributed by atoms with E-state index < -0.39 is 0 Å². The van der Waals surface area contributed by atoms with E-state index in [9.17, 15) is 4.79 Å². The number of hydrogen-bond donors (Lipinski definition) is 2. The highest BCUT2D eigenvalue weighted by molar-refractivity contribution is 7.13. The maximum Gasteiger partial charge on any atom is 0.226 e. The summed E-state index contributed by atoms with van der Waals surface area (Å²) in [6.45, 7) is 2.59. The zero-order valence-electron chi connectivity index (χ0n) is 10.0. The van der Waals surface area contributed by atoms with Crippen molar-refractivity contribution in [1.82, 2.24) is 20.1 Å². The fourth-order valence-corrected chi connectivity index (χ4v) is 2.19. The third-order valence-electron chi connectivity index (χ3n) is 2.34. The van der Waals surface area contributed by atoms with Crippen LogP contribution in [0, 0.1) is 0 Å². The maximum atomic E-state index is 11.7. The average molecular weight is 265 g/mol. The van der Waals surface area contributed by atoms with Crippen molar-refractivity contribution in [3.63, 3.8) is 0 Å².